The lowest BCUT2D eigenvalue weighted by Crippen LogP contribution is -2.32. The molecule has 114 valence electrons. The standard InChI is InChI=1S/C18H22N4/c19-17-9-1-2-10-18(17)22(13-15-7-3-5-11-20-15)14-16-8-4-6-12-21-16/h3-5,7-11H,1-2,6,12-14,19H2. The first-order chi connectivity index (χ1) is 10.8. The Hall–Kier alpha value is -2.36. The topological polar surface area (TPSA) is 54.5 Å². The maximum atomic E-state index is 6.21. The normalized spacial score (nSPS) is 17.5. The van der Waals surface area contributed by atoms with Crippen molar-refractivity contribution in [3.8, 4) is 0 Å². The number of aliphatic imine (C=N–C) groups is 1. The second-order valence-electron chi connectivity index (χ2n) is 5.57. The minimum Gasteiger partial charge on any atom is -0.397 e. The van der Waals surface area contributed by atoms with Crippen molar-refractivity contribution in [3.63, 3.8) is 0 Å². The van der Waals surface area contributed by atoms with E-state index in [1.54, 1.807) is 0 Å². The lowest BCUT2D eigenvalue weighted by molar-refractivity contribution is 0.380. The third-order valence-electron chi connectivity index (χ3n) is 3.86. The van der Waals surface area contributed by atoms with Gasteiger partial charge in [-0.15, -0.1) is 0 Å². The highest BCUT2D eigenvalue weighted by Gasteiger charge is 2.17. The molecule has 4 nitrogen and oxygen atoms in total. The summed E-state index contributed by atoms with van der Waals surface area (Å²) >= 11 is 0. The number of hydrogen-bond acceptors (Lipinski definition) is 4. The fraction of sp³-hybridized carbons (Fsp3) is 0.333. The fourth-order valence-corrected chi connectivity index (χ4v) is 2.76. The molecule has 1 aliphatic carbocycles. The molecule has 22 heavy (non-hydrogen) atoms. The van der Waals surface area contributed by atoms with Crippen LogP contribution >= 0.6 is 0 Å². The SMILES string of the molecule is NC1=CCCC=C1N(CC1=NCCC=C1)Cc1ccccn1. The van der Waals surface area contributed by atoms with Gasteiger partial charge in [0.15, 0.2) is 0 Å². The molecule has 0 saturated carbocycles. The van der Waals surface area contributed by atoms with E-state index >= 15 is 0 Å². The van der Waals surface area contributed by atoms with Crippen LogP contribution in [-0.2, 0) is 6.54 Å². The number of allylic oxidation sites excluding steroid dienone is 2. The summed E-state index contributed by atoms with van der Waals surface area (Å²) in [5, 5.41) is 0. The van der Waals surface area contributed by atoms with Gasteiger partial charge in [0.05, 0.1) is 35.9 Å². The van der Waals surface area contributed by atoms with Gasteiger partial charge < -0.3 is 10.6 Å². The molecule has 0 unspecified atom stereocenters. The van der Waals surface area contributed by atoms with Crippen molar-refractivity contribution in [1.29, 1.82) is 0 Å². The highest BCUT2D eigenvalue weighted by atomic mass is 15.2. The molecule has 3 rings (SSSR count). The predicted octanol–water partition coefficient (Wildman–Crippen LogP) is 2.80. The summed E-state index contributed by atoms with van der Waals surface area (Å²) in [6, 6.07) is 6.01. The Kier molecular flexibility index (Phi) is 4.68. The van der Waals surface area contributed by atoms with E-state index in [4.69, 9.17) is 5.73 Å². The Balaban J connectivity index is 1.81. The molecule has 0 aromatic carbocycles. The van der Waals surface area contributed by atoms with Crippen LogP contribution in [0, 0.1) is 0 Å². The van der Waals surface area contributed by atoms with Gasteiger partial charge in [-0.1, -0.05) is 24.3 Å². The monoisotopic (exact) mass is 294 g/mol. The number of pyridine rings is 1. The summed E-state index contributed by atoms with van der Waals surface area (Å²) in [4.78, 5) is 11.3. The van der Waals surface area contributed by atoms with E-state index in [0.717, 1.165) is 61.7 Å². The van der Waals surface area contributed by atoms with Gasteiger partial charge in [-0.3, -0.25) is 9.98 Å². The summed E-state index contributed by atoms with van der Waals surface area (Å²) < 4.78 is 0. The fourth-order valence-electron chi connectivity index (χ4n) is 2.76. The molecule has 4 heteroatoms. The minimum absolute atomic E-state index is 0.744. The first-order valence-electron chi connectivity index (χ1n) is 7.84. The summed E-state index contributed by atoms with van der Waals surface area (Å²) in [5.41, 5.74) is 10.3. The van der Waals surface area contributed by atoms with Gasteiger partial charge in [0.2, 0.25) is 0 Å². The van der Waals surface area contributed by atoms with Gasteiger partial charge in [-0.25, -0.2) is 0 Å². The van der Waals surface area contributed by atoms with Crippen LogP contribution in [0.15, 0.2) is 65.1 Å². The van der Waals surface area contributed by atoms with Crippen molar-refractivity contribution < 1.29 is 0 Å². The van der Waals surface area contributed by atoms with Crippen molar-refractivity contribution in [1.82, 2.24) is 9.88 Å². The van der Waals surface area contributed by atoms with E-state index in [-0.39, 0.29) is 0 Å². The van der Waals surface area contributed by atoms with Crippen molar-refractivity contribution in [2.45, 2.75) is 25.8 Å². The second kappa shape index (κ2) is 7.07. The van der Waals surface area contributed by atoms with E-state index < -0.39 is 0 Å². The van der Waals surface area contributed by atoms with E-state index in [0.29, 0.717) is 0 Å². The molecule has 2 heterocycles. The summed E-state index contributed by atoms with van der Waals surface area (Å²) in [5.74, 6) is 0. The Morgan fingerprint density at radius 3 is 2.73 bits per heavy atom. The minimum atomic E-state index is 0.744. The highest BCUT2D eigenvalue weighted by molar-refractivity contribution is 5.97. The van der Waals surface area contributed by atoms with E-state index in [1.165, 1.54) is 0 Å². The molecule has 0 atom stereocenters. The third-order valence-corrected chi connectivity index (χ3v) is 3.86. The van der Waals surface area contributed by atoms with Gasteiger partial charge >= 0.3 is 0 Å². The molecule has 0 spiro atoms. The maximum Gasteiger partial charge on any atom is 0.0607 e. The van der Waals surface area contributed by atoms with E-state index in [2.05, 4.69) is 45.2 Å². The molecule has 2 aliphatic rings. The van der Waals surface area contributed by atoms with Crippen LogP contribution in [0.4, 0.5) is 0 Å². The average molecular weight is 294 g/mol. The molecule has 2 N–H and O–H groups in total. The zero-order chi connectivity index (χ0) is 15.2. The third kappa shape index (κ3) is 3.64. The van der Waals surface area contributed by atoms with Crippen LogP contribution < -0.4 is 5.73 Å². The maximum absolute atomic E-state index is 6.21. The van der Waals surface area contributed by atoms with Crippen LogP contribution in [0.3, 0.4) is 0 Å². The predicted molar refractivity (Wildman–Crippen MR) is 90.3 cm³/mol. The molecule has 0 fully saturated rings. The van der Waals surface area contributed by atoms with Gasteiger partial charge in [-0.05, 0) is 37.5 Å². The molecule has 1 aromatic rings. The number of aromatic nitrogens is 1. The lowest BCUT2D eigenvalue weighted by atomic mass is 10.1. The number of dihydropyridines is 1. The summed E-state index contributed by atoms with van der Waals surface area (Å²) in [7, 11) is 0. The summed E-state index contributed by atoms with van der Waals surface area (Å²) in [6.07, 6.45) is 13.6. The molecule has 0 bridgehead atoms. The molecule has 1 aromatic heterocycles. The molecule has 0 saturated heterocycles. The zero-order valence-corrected chi connectivity index (χ0v) is 12.8. The average Bonchev–Trinajstić information content (AvgIpc) is 2.57. The Morgan fingerprint density at radius 2 is 2.00 bits per heavy atom. The number of nitrogens with zero attached hydrogens (tertiary/aromatic N) is 3. The van der Waals surface area contributed by atoms with Crippen molar-refractivity contribution in [3.05, 3.63) is 65.8 Å². The number of nitrogens with two attached hydrogens (primary N) is 1. The van der Waals surface area contributed by atoms with Crippen LogP contribution in [0.1, 0.15) is 25.0 Å². The molecule has 0 radical (unpaired) electrons. The van der Waals surface area contributed by atoms with Crippen LogP contribution in [0.25, 0.3) is 0 Å². The molecule has 1 aliphatic heterocycles. The molecule has 0 amide bonds. The second-order valence-corrected chi connectivity index (χ2v) is 5.57. The van der Waals surface area contributed by atoms with Gasteiger partial charge in [0.1, 0.15) is 0 Å². The quantitative estimate of drug-likeness (QED) is 0.908. The largest absolute Gasteiger partial charge is 0.397 e. The Labute approximate surface area is 131 Å². The smallest absolute Gasteiger partial charge is 0.0607 e. The van der Waals surface area contributed by atoms with Crippen LogP contribution in [-0.4, -0.2) is 28.7 Å². The van der Waals surface area contributed by atoms with Gasteiger partial charge in [-0.2, -0.15) is 0 Å². The van der Waals surface area contributed by atoms with Crippen LogP contribution in [0.5, 0.6) is 0 Å². The number of hydrogen-bond donors (Lipinski definition) is 1. The summed E-state index contributed by atoms with van der Waals surface area (Å²) in [6.45, 7) is 2.40. The van der Waals surface area contributed by atoms with Crippen molar-refractivity contribution in [2.24, 2.45) is 10.7 Å². The number of rotatable bonds is 5. The highest BCUT2D eigenvalue weighted by Crippen LogP contribution is 2.21. The Morgan fingerprint density at radius 1 is 1.09 bits per heavy atom. The Bertz CT molecular complexity index is 626. The van der Waals surface area contributed by atoms with Crippen LogP contribution in [0.2, 0.25) is 0 Å². The van der Waals surface area contributed by atoms with Gasteiger partial charge in [0.25, 0.3) is 0 Å². The van der Waals surface area contributed by atoms with Crippen molar-refractivity contribution >= 4 is 5.71 Å². The van der Waals surface area contributed by atoms with Crippen molar-refractivity contribution in [2.75, 3.05) is 13.1 Å². The van der Waals surface area contributed by atoms with E-state index in [1.807, 2.05) is 18.3 Å². The van der Waals surface area contributed by atoms with E-state index in [9.17, 15) is 0 Å². The first kappa shape index (κ1) is 14.6. The first-order valence-corrected chi connectivity index (χ1v) is 7.84. The lowest BCUT2D eigenvalue weighted by Gasteiger charge is -2.29. The molecular weight excluding hydrogens is 272 g/mol. The van der Waals surface area contributed by atoms with Gasteiger partial charge in [0, 0.05) is 12.7 Å². The zero-order valence-electron chi connectivity index (χ0n) is 12.8. The molecular formula is C18H22N4.